The minimum Gasteiger partial charge on any atom is -0.493 e. The summed E-state index contributed by atoms with van der Waals surface area (Å²) in [5.74, 6) is 0.966. The molecule has 0 heterocycles. The third kappa shape index (κ3) is 4.11. The second-order valence-corrected chi connectivity index (χ2v) is 5.60. The van der Waals surface area contributed by atoms with Crippen LogP contribution in [0, 0.1) is 0 Å². The SMILES string of the molecule is COc1ccccc1OC(=O)c1cc(Cl)c(OC(C)C)c(OC)c1. The van der Waals surface area contributed by atoms with Gasteiger partial charge >= 0.3 is 5.97 Å². The van der Waals surface area contributed by atoms with Gasteiger partial charge in [0.2, 0.25) is 0 Å². The van der Waals surface area contributed by atoms with Crippen molar-refractivity contribution in [3.63, 3.8) is 0 Å². The summed E-state index contributed by atoms with van der Waals surface area (Å²) in [5, 5.41) is 0.273. The molecule has 0 aromatic heterocycles. The molecular weight excluding hydrogens is 332 g/mol. The molecule has 128 valence electrons. The van der Waals surface area contributed by atoms with Crippen LogP contribution in [0.1, 0.15) is 24.2 Å². The van der Waals surface area contributed by atoms with Crippen LogP contribution in [0.5, 0.6) is 23.0 Å². The van der Waals surface area contributed by atoms with Gasteiger partial charge in [0, 0.05) is 0 Å². The fourth-order valence-electron chi connectivity index (χ4n) is 2.05. The van der Waals surface area contributed by atoms with Crippen LogP contribution in [0.2, 0.25) is 5.02 Å². The molecule has 0 aliphatic carbocycles. The monoisotopic (exact) mass is 350 g/mol. The summed E-state index contributed by atoms with van der Waals surface area (Å²) in [6, 6.07) is 9.90. The summed E-state index contributed by atoms with van der Waals surface area (Å²) < 4.78 is 21.4. The van der Waals surface area contributed by atoms with Gasteiger partial charge in [-0.1, -0.05) is 23.7 Å². The lowest BCUT2D eigenvalue weighted by molar-refractivity contribution is 0.0729. The van der Waals surface area contributed by atoms with Crippen LogP contribution in [0.3, 0.4) is 0 Å². The van der Waals surface area contributed by atoms with Crippen LogP contribution >= 0.6 is 11.6 Å². The topological polar surface area (TPSA) is 54.0 Å². The average Bonchev–Trinajstić information content (AvgIpc) is 2.56. The molecule has 0 amide bonds. The van der Waals surface area contributed by atoms with Crippen LogP contribution in [-0.2, 0) is 0 Å². The Morgan fingerprint density at radius 1 is 1.00 bits per heavy atom. The van der Waals surface area contributed by atoms with E-state index in [-0.39, 0.29) is 16.7 Å². The van der Waals surface area contributed by atoms with E-state index >= 15 is 0 Å². The predicted molar refractivity (Wildman–Crippen MR) is 91.7 cm³/mol. The van der Waals surface area contributed by atoms with Gasteiger partial charge in [-0.05, 0) is 38.1 Å². The minimum atomic E-state index is -0.573. The fourth-order valence-corrected chi connectivity index (χ4v) is 2.30. The van der Waals surface area contributed by atoms with Crippen LogP contribution in [0.25, 0.3) is 0 Å². The van der Waals surface area contributed by atoms with Crippen molar-refractivity contribution in [3.05, 3.63) is 47.0 Å². The van der Waals surface area contributed by atoms with E-state index in [2.05, 4.69) is 0 Å². The number of hydrogen-bond acceptors (Lipinski definition) is 5. The number of methoxy groups -OCH3 is 2. The van der Waals surface area contributed by atoms with Crippen molar-refractivity contribution in [1.82, 2.24) is 0 Å². The molecule has 0 atom stereocenters. The minimum absolute atomic E-state index is 0.0808. The van der Waals surface area contributed by atoms with E-state index in [0.717, 1.165) is 0 Å². The second kappa shape index (κ2) is 7.93. The number of ether oxygens (including phenoxy) is 4. The van der Waals surface area contributed by atoms with E-state index in [0.29, 0.717) is 23.0 Å². The van der Waals surface area contributed by atoms with Crippen LogP contribution < -0.4 is 18.9 Å². The van der Waals surface area contributed by atoms with Crippen molar-refractivity contribution in [2.45, 2.75) is 20.0 Å². The summed E-state index contributed by atoms with van der Waals surface area (Å²) in [4.78, 5) is 12.4. The first-order valence-corrected chi connectivity index (χ1v) is 7.73. The third-order valence-corrected chi connectivity index (χ3v) is 3.37. The largest absolute Gasteiger partial charge is 0.493 e. The average molecular weight is 351 g/mol. The maximum Gasteiger partial charge on any atom is 0.343 e. The van der Waals surface area contributed by atoms with Gasteiger partial charge in [0.1, 0.15) is 0 Å². The molecule has 2 aromatic carbocycles. The Balaban J connectivity index is 2.31. The number of hydrogen-bond donors (Lipinski definition) is 0. The first-order chi connectivity index (χ1) is 11.5. The van der Waals surface area contributed by atoms with Crippen molar-refractivity contribution in [2.24, 2.45) is 0 Å². The van der Waals surface area contributed by atoms with Crippen molar-refractivity contribution < 1.29 is 23.7 Å². The highest BCUT2D eigenvalue weighted by atomic mass is 35.5. The molecule has 0 fully saturated rings. The van der Waals surface area contributed by atoms with Crippen molar-refractivity contribution in [3.8, 4) is 23.0 Å². The van der Waals surface area contributed by atoms with Gasteiger partial charge in [-0.25, -0.2) is 4.79 Å². The first-order valence-electron chi connectivity index (χ1n) is 7.35. The Labute approximate surface area is 146 Å². The number of esters is 1. The summed E-state index contributed by atoms with van der Waals surface area (Å²) in [7, 11) is 2.98. The van der Waals surface area contributed by atoms with E-state index < -0.39 is 5.97 Å². The third-order valence-electron chi connectivity index (χ3n) is 3.09. The van der Waals surface area contributed by atoms with Gasteiger partial charge in [0.15, 0.2) is 23.0 Å². The Morgan fingerprint density at radius 2 is 1.62 bits per heavy atom. The van der Waals surface area contributed by atoms with Crippen molar-refractivity contribution in [2.75, 3.05) is 14.2 Å². The van der Waals surface area contributed by atoms with Crippen LogP contribution in [0.15, 0.2) is 36.4 Å². The molecule has 0 aliphatic rings. The Morgan fingerprint density at radius 3 is 2.21 bits per heavy atom. The zero-order chi connectivity index (χ0) is 17.7. The summed E-state index contributed by atoms with van der Waals surface area (Å²) in [6.45, 7) is 3.75. The maximum atomic E-state index is 12.4. The quantitative estimate of drug-likeness (QED) is 0.572. The lowest BCUT2D eigenvalue weighted by Gasteiger charge is -2.16. The molecule has 0 unspecified atom stereocenters. The highest BCUT2D eigenvalue weighted by Crippen LogP contribution is 2.37. The highest BCUT2D eigenvalue weighted by Gasteiger charge is 2.19. The zero-order valence-corrected chi connectivity index (χ0v) is 14.7. The van der Waals surface area contributed by atoms with Gasteiger partial charge in [0.25, 0.3) is 0 Å². The number of carbonyl (C=O) groups excluding carboxylic acids is 1. The van der Waals surface area contributed by atoms with Gasteiger partial charge in [-0.2, -0.15) is 0 Å². The lowest BCUT2D eigenvalue weighted by atomic mass is 10.2. The summed E-state index contributed by atoms with van der Waals surface area (Å²) in [6.07, 6.45) is -0.0808. The molecule has 24 heavy (non-hydrogen) atoms. The van der Waals surface area contributed by atoms with E-state index in [4.69, 9.17) is 30.5 Å². The fraction of sp³-hybridized carbons (Fsp3) is 0.278. The molecule has 0 radical (unpaired) electrons. The Kier molecular flexibility index (Phi) is 5.93. The Bertz CT molecular complexity index is 727. The molecular formula is C18H19ClO5. The van der Waals surface area contributed by atoms with Gasteiger partial charge in [-0.3, -0.25) is 0 Å². The zero-order valence-electron chi connectivity index (χ0n) is 14.0. The molecule has 5 nitrogen and oxygen atoms in total. The maximum absolute atomic E-state index is 12.4. The normalized spacial score (nSPS) is 10.4. The van der Waals surface area contributed by atoms with Crippen LogP contribution in [-0.4, -0.2) is 26.3 Å². The number of rotatable bonds is 6. The molecule has 2 aromatic rings. The van der Waals surface area contributed by atoms with Crippen molar-refractivity contribution >= 4 is 17.6 Å². The first kappa shape index (κ1) is 17.9. The van der Waals surface area contributed by atoms with E-state index in [1.54, 1.807) is 24.3 Å². The van der Waals surface area contributed by atoms with Crippen molar-refractivity contribution in [1.29, 1.82) is 0 Å². The highest BCUT2D eigenvalue weighted by molar-refractivity contribution is 6.32. The summed E-state index contributed by atoms with van der Waals surface area (Å²) >= 11 is 6.23. The van der Waals surface area contributed by atoms with E-state index in [1.807, 2.05) is 13.8 Å². The molecule has 0 bridgehead atoms. The summed E-state index contributed by atoms with van der Waals surface area (Å²) in [5.41, 5.74) is 0.249. The van der Waals surface area contributed by atoms with E-state index in [9.17, 15) is 4.79 Å². The Hall–Kier alpha value is -2.40. The number of benzene rings is 2. The van der Waals surface area contributed by atoms with Gasteiger partial charge in [0.05, 0.1) is 30.9 Å². The standard InChI is InChI=1S/C18H19ClO5/c1-11(2)23-17-13(19)9-12(10-16(17)22-4)18(20)24-15-8-6-5-7-14(15)21-3/h5-11H,1-4H3. The number of carbonyl (C=O) groups is 1. The van der Waals surface area contributed by atoms with Crippen LogP contribution in [0.4, 0.5) is 0 Å². The number of para-hydroxylation sites is 2. The van der Waals surface area contributed by atoms with E-state index in [1.165, 1.54) is 26.4 Å². The molecule has 0 spiro atoms. The molecule has 2 rings (SSSR count). The molecule has 0 aliphatic heterocycles. The molecule has 0 saturated heterocycles. The smallest absolute Gasteiger partial charge is 0.343 e. The molecule has 0 N–H and O–H groups in total. The second-order valence-electron chi connectivity index (χ2n) is 5.20. The van der Waals surface area contributed by atoms with Gasteiger partial charge < -0.3 is 18.9 Å². The lowest BCUT2D eigenvalue weighted by Crippen LogP contribution is -2.11. The predicted octanol–water partition coefficient (Wildman–Crippen LogP) is 4.36. The molecule has 0 saturated carbocycles. The van der Waals surface area contributed by atoms with Gasteiger partial charge in [-0.15, -0.1) is 0 Å². The number of halogens is 1. The molecule has 6 heteroatoms.